The van der Waals surface area contributed by atoms with E-state index in [1.54, 1.807) is 6.26 Å². The summed E-state index contributed by atoms with van der Waals surface area (Å²) in [5.74, 6) is 0. The van der Waals surface area contributed by atoms with Gasteiger partial charge in [0.2, 0.25) is 0 Å². The van der Waals surface area contributed by atoms with Gasteiger partial charge in [0.25, 0.3) is 0 Å². The molecule has 0 saturated heterocycles. The number of hydrogen-bond donors (Lipinski definition) is 1. The molecule has 1 N–H and O–H groups in total. The molecule has 0 amide bonds. The highest BCUT2D eigenvalue weighted by atomic mass is 28.3. The van der Waals surface area contributed by atoms with E-state index in [2.05, 4.69) is 59.6 Å². The molecule has 2 atom stereocenters. The summed E-state index contributed by atoms with van der Waals surface area (Å²) < 4.78 is 12.0. The highest BCUT2D eigenvalue weighted by Gasteiger charge is 2.25. The van der Waals surface area contributed by atoms with Crippen molar-refractivity contribution in [3.63, 3.8) is 0 Å². The fourth-order valence-corrected chi connectivity index (χ4v) is 6.06. The minimum Gasteiger partial charge on any atom is -0.474 e. The van der Waals surface area contributed by atoms with Gasteiger partial charge in [0.05, 0.1) is 17.8 Å². The molecule has 1 aromatic heterocycles. The largest absolute Gasteiger partial charge is 0.474 e. The maximum absolute atomic E-state index is 10.4. The Balaban J connectivity index is 2.07. The molecule has 30 heavy (non-hydrogen) atoms. The number of rotatable bonds is 15. The van der Waals surface area contributed by atoms with Crippen LogP contribution in [0.15, 0.2) is 16.7 Å². The monoisotopic (exact) mass is 454 g/mol. The molecule has 2 unspecified atom stereocenters. The maximum Gasteiger partial charge on any atom is 0.171 e. The van der Waals surface area contributed by atoms with Crippen LogP contribution in [0.1, 0.15) is 96.6 Å². The van der Waals surface area contributed by atoms with E-state index in [1.807, 2.05) is 0 Å². The summed E-state index contributed by atoms with van der Waals surface area (Å²) in [6.07, 6.45) is 14.1. The molecule has 1 aromatic rings. The molecule has 0 aromatic carbocycles. The van der Waals surface area contributed by atoms with Crippen molar-refractivity contribution in [3.8, 4) is 0 Å². The first-order valence-corrected chi connectivity index (χ1v) is 18.6. The summed E-state index contributed by atoms with van der Waals surface area (Å²) in [5.41, 5.74) is 1.22. The first-order chi connectivity index (χ1) is 13.9. The van der Waals surface area contributed by atoms with Gasteiger partial charge in [0, 0.05) is 11.7 Å². The molecular formula is C25H50O3Si2. The van der Waals surface area contributed by atoms with Gasteiger partial charge in [-0.3, -0.25) is 0 Å². The van der Waals surface area contributed by atoms with Gasteiger partial charge in [-0.1, -0.05) is 91.8 Å². The van der Waals surface area contributed by atoms with Crippen LogP contribution in [0.2, 0.25) is 32.7 Å². The van der Waals surface area contributed by atoms with Crippen LogP contribution < -0.4 is 5.38 Å². The fraction of sp³-hybridized carbons (Fsp3) is 0.840. The Hall–Kier alpha value is -0.366. The fourth-order valence-electron chi connectivity index (χ4n) is 3.85. The van der Waals surface area contributed by atoms with Gasteiger partial charge in [-0.15, -0.1) is 0 Å². The molecule has 0 saturated carbocycles. The van der Waals surface area contributed by atoms with Crippen LogP contribution in [0, 0.1) is 5.41 Å². The molecule has 1 heterocycles. The van der Waals surface area contributed by atoms with E-state index in [0.717, 1.165) is 23.8 Å². The van der Waals surface area contributed by atoms with Crippen molar-refractivity contribution in [2.24, 2.45) is 5.41 Å². The summed E-state index contributed by atoms with van der Waals surface area (Å²) in [7, 11) is -2.39. The number of aliphatic hydroxyl groups is 1. The van der Waals surface area contributed by atoms with Crippen molar-refractivity contribution in [1.29, 1.82) is 0 Å². The Kier molecular flexibility index (Phi) is 12.2. The van der Waals surface area contributed by atoms with Gasteiger partial charge in [0.1, 0.15) is 8.07 Å². The molecule has 0 radical (unpaired) electrons. The lowest BCUT2D eigenvalue weighted by Gasteiger charge is -2.32. The third-order valence-electron chi connectivity index (χ3n) is 5.84. The third kappa shape index (κ3) is 11.3. The summed E-state index contributed by atoms with van der Waals surface area (Å²) in [4.78, 5) is 0. The van der Waals surface area contributed by atoms with Crippen molar-refractivity contribution in [3.05, 3.63) is 17.9 Å². The van der Waals surface area contributed by atoms with Crippen molar-refractivity contribution < 1.29 is 13.9 Å². The number of furan rings is 1. The van der Waals surface area contributed by atoms with Gasteiger partial charge < -0.3 is 13.9 Å². The van der Waals surface area contributed by atoms with Crippen LogP contribution in [0.4, 0.5) is 0 Å². The number of hydrogen-bond acceptors (Lipinski definition) is 3. The van der Waals surface area contributed by atoms with E-state index in [9.17, 15) is 5.11 Å². The summed E-state index contributed by atoms with van der Waals surface area (Å²) in [6, 6.07) is 2.08. The summed E-state index contributed by atoms with van der Waals surface area (Å²) in [6.45, 7) is 18.3. The minimum atomic E-state index is -1.43. The molecule has 176 valence electrons. The Morgan fingerprint density at radius 3 is 1.87 bits per heavy atom. The zero-order chi connectivity index (χ0) is 22.8. The SMILES string of the molecule is C[SiH](C)OC(CCCCCCCCCCC(O)c1coc([Si](C)(C)C)c1)C(C)(C)C. The Morgan fingerprint density at radius 2 is 1.43 bits per heavy atom. The third-order valence-corrected chi connectivity index (χ3v) is 8.45. The average Bonchev–Trinajstić information content (AvgIpc) is 3.11. The summed E-state index contributed by atoms with van der Waals surface area (Å²) in [5, 5.41) is 11.5. The second kappa shape index (κ2) is 13.2. The molecule has 0 fully saturated rings. The normalized spacial score (nSPS) is 15.0. The van der Waals surface area contributed by atoms with Crippen LogP contribution in [-0.2, 0) is 4.43 Å². The van der Waals surface area contributed by atoms with Gasteiger partial charge in [-0.05, 0) is 37.4 Å². The molecule has 3 nitrogen and oxygen atoms in total. The minimum absolute atomic E-state index is 0.258. The van der Waals surface area contributed by atoms with Crippen LogP contribution in [0.5, 0.6) is 0 Å². The quantitative estimate of drug-likeness (QED) is 0.225. The van der Waals surface area contributed by atoms with E-state index in [1.165, 1.54) is 51.4 Å². The highest BCUT2D eigenvalue weighted by molar-refractivity contribution is 6.87. The second-order valence-electron chi connectivity index (χ2n) is 11.5. The van der Waals surface area contributed by atoms with Crippen molar-refractivity contribution in [2.45, 2.75) is 130 Å². The molecule has 0 bridgehead atoms. The summed E-state index contributed by atoms with van der Waals surface area (Å²) >= 11 is 0. The second-order valence-corrected chi connectivity index (χ2v) is 18.8. The highest BCUT2D eigenvalue weighted by Crippen LogP contribution is 2.27. The first-order valence-electron chi connectivity index (χ1n) is 12.3. The van der Waals surface area contributed by atoms with E-state index < -0.39 is 17.1 Å². The van der Waals surface area contributed by atoms with Crippen molar-refractivity contribution in [2.75, 3.05) is 0 Å². The Bertz CT molecular complexity index is 570. The lowest BCUT2D eigenvalue weighted by atomic mass is 9.86. The van der Waals surface area contributed by atoms with Crippen LogP contribution in [0.25, 0.3) is 0 Å². The number of unbranched alkanes of at least 4 members (excludes halogenated alkanes) is 7. The van der Waals surface area contributed by atoms with Crippen molar-refractivity contribution >= 4 is 22.5 Å². The zero-order valence-corrected chi connectivity index (χ0v) is 23.4. The number of aliphatic hydroxyl groups excluding tert-OH is 1. The van der Waals surface area contributed by atoms with Crippen LogP contribution in [0.3, 0.4) is 0 Å². The van der Waals surface area contributed by atoms with Gasteiger partial charge in [-0.25, -0.2) is 0 Å². The maximum atomic E-state index is 10.4. The lowest BCUT2D eigenvalue weighted by Crippen LogP contribution is -2.36. The van der Waals surface area contributed by atoms with E-state index in [0.29, 0.717) is 6.10 Å². The predicted octanol–water partition coefficient (Wildman–Crippen LogP) is 7.17. The molecule has 0 aliphatic heterocycles. The van der Waals surface area contributed by atoms with E-state index >= 15 is 0 Å². The van der Waals surface area contributed by atoms with Crippen molar-refractivity contribution in [1.82, 2.24) is 0 Å². The Labute approximate surface area is 189 Å². The average molecular weight is 455 g/mol. The standard InChI is InChI=1S/C25H50O3Si2/c1-25(2,3)23(28-29(4)5)18-16-14-12-10-9-11-13-15-17-22(26)21-19-24(27-20-21)30(6,7)8/h19-20,22-23,26,29H,9-18H2,1-8H3. The van der Waals surface area contributed by atoms with Crippen LogP contribution >= 0.6 is 0 Å². The molecule has 5 heteroatoms. The molecule has 0 aliphatic rings. The smallest absolute Gasteiger partial charge is 0.171 e. The topological polar surface area (TPSA) is 42.6 Å². The Morgan fingerprint density at radius 1 is 0.933 bits per heavy atom. The van der Waals surface area contributed by atoms with Gasteiger partial charge in [0.15, 0.2) is 9.04 Å². The van der Waals surface area contributed by atoms with Gasteiger partial charge in [-0.2, -0.15) is 0 Å². The zero-order valence-electron chi connectivity index (χ0n) is 21.2. The molecule has 0 aliphatic carbocycles. The van der Waals surface area contributed by atoms with E-state index in [4.69, 9.17) is 8.84 Å². The molecule has 0 spiro atoms. The molecule has 1 rings (SSSR count). The van der Waals surface area contributed by atoms with E-state index in [-0.39, 0.29) is 11.5 Å². The predicted molar refractivity (Wildman–Crippen MR) is 136 cm³/mol. The lowest BCUT2D eigenvalue weighted by molar-refractivity contribution is 0.0759. The van der Waals surface area contributed by atoms with Gasteiger partial charge >= 0.3 is 0 Å². The molecular weight excluding hydrogens is 404 g/mol. The van der Waals surface area contributed by atoms with Crippen LogP contribution in [-0.4, -0.2) is 28.3 Å². The first kappa shape index (κ1) is 27.7.